The predicted molar refractivity (Wildman–Crippen MR) is 83.2 cm³/mol. The quantitative estimate of drug-likeness (QED) is 0.811. The summed E-state index contributed by atoms with van der Waals surface area (Å²) in [5.74, 6) is -0.274. The number of carbonyl (C=O) groups is 1. The molecule has 4 nitrogen and oxygen atoms in total. The number of methoxy groups -OCH3 is 1. The smallest absolute Gasteiger partial charge is 0.340 e. The molecule has 0 unspecified atom stereocenters. The van der Waals surface area contributed by atoms with Crippen molar-refractivity contribution in [2.45, 2.75) is 19.3 Å². The van der Waals surface area contributed by atoms with Gasteiger partial charge in [-0.1, -0.05) is 0 Å². The van der Waals surface area contributed by atoms with Crippen LogP contribution < -0.4 is 4.90 Å². The van der Waals surface area contributed by atoms with Gasteiger partial charge < -0.3 is 14.2 Å². The van der Waals surface area contributed by atoms with Gasteiger partial charge in [-0.25, -0.2) is 4.79 Å². The third-order valence-electron chi connectivity index (χ3n) is 3.98. The van der Waals surface area contributed by atoms with Crippen LogP contribution >= 0.6 is 0 Å². The SMILES string of the molecule is COC(=O)c1cc(-n2cccc2)ccc1N1CCCCC1. The minimum Gasteiger partial charge on any atom is -0.465 e. The van der Waals surface area contributed by atoms with Crippen LogP contribution in [0.4, 0.5) is 5.69 Å². The van der Waals surface area contributed by atoms with Crippen molar-refractivity contribution in [1.29, 1.82) is 0 Å². The Balaban J connectivity index is 2.01. The van der Waals surface area contributed by atoms with Crippen molar-refractivity contribution in [2.24, 2.45) is 0 Å². The monoisotopic (exact) mass is 284 g/mol. The van der Waals surface area contributed by atoms with Gasteiger partial charge in [0.1, 0.15) is 0 Å². The van der Waals surface area contributed by atoms with E-state index in [9.17, 15) is 4.79 Å². The molecule has 0 N–H and O–H groups in total. The first-order valence-corrected chi connectivity index (χ1v) is 7.40. The van der Waals surface area contributed by atoms with Crippen LogP contribution in [0.2, 0.25) is 0 Å². The van der Waals surface area contributed by atoms with Crippen molar-refractivity contribution < 1.29 is 9.53 Å². The van der Waals surface area contributed by atoms with Crippen molar-refractivity contribution in [3.63, 3.8) is 0 Å². The Morgan fingerprint density at radius 2 is 1.81 bits per heavy atom. The first-order valence-electron chi connectivity index (χ1n) is 7.40. The summed E-state index contributed by atoms with van der Waals surface area (Å²) in [7, 11) is 1.44. The Labute approximate surface area is 124 Å². The molecule has 21 heavy (non-hydrogen) atoms. The number of aromatic nitrogens is 1. The number of hydrogen-bond acceptors (Lipinski definition) is 3. The molecule has 0 atom stereocenters. The molecule has 2 heterocycles. The van der Waals surface area contributed by atoms with E-state index in [-0.39, 0.29) is 5.97 Å². The Morgan fingerprint density at radius 1 is 1.10 bits per heavy atom. The highest BCUT2D eigenvalue weighted by atomic mass is 16.5. The summed E-state index contributed by atoms with van der Waals surface area (Å²) in [6, 6.07) is 9.94. The zero-order valence-corrected chi connectivity index (χ0v) is 12.3. The summed E-state index contributed by atoms with van der Waals surface area (Å²) in [4.78, 5) is 14.4. The summed E-state index contributed by atoms with van der Waals surface area (Å²) in [6.07, 6.45) is 7.57. The highest BCUT2D eigenvalue weighted by Crippen LogP contribution is 2.27. The van der Waals surface area contributed by atoms with E-state index in [0.717, 1.165) is 24.5 Å². The molecule has 4 heteroatoms. The molecule has 2 aromatic rings. The van der Waals surface area contributed by atoms with Crippen LogP contribution in [-0.4, -0.2) is 30.7 Å². The van der Waals surface area contributed by atoms with Crippen LogP contribution in [0.3, 0.4) is 0 Å². The van der Waals surface area contributed by atoms with Gasteiger partial charge in [0.25, 0.3) is 0 Å². The number of carbonyl (C=O) groups excluding carboxylic acids is 1. The van der Waals surface area contributed by atoms with Gasteiger partial charge in [0, 0.05) is 31.2 Å². The van der Waals surface area contributed by atoms with E-state index in [4.69, 9.17) is 4.74 Å². The Bertz CT molecular complexity index is 614. The van der Waals surface area contributed by atoms with Gasteiger partial charge >= 0.3 is 5.97 Å². The largest absolute Gasteiger partial charge is 0.465 e. The molecular formula is C17H20N2O2. The van der Waals surface area contributed by atoms with Crippen LogP contribution in [-0.2, 0) is 4.74 Å². The Hall–Kier alpha value is -2.23. The second kappa shape index (κ2) is 6.04. The highest BCUT2D eigenvalue weighted by molar-refractivity contribution is 5.96. The van der Waals surface area contributed by atoms with E-state index in [0.29, 0.717) is 5.56 Å². The fourth-order valence-corrected chi connectivity index (χ4v) is 2.88. The van der Waals surface area contributed by atoms with E-state index in [1.807, 2.05) is 41.2 Å². The first kappa shape index (κ1) is 13.7. The lowest BCUT2D eigenvalue weighted by Gasteiger charge is -2.30. The number of hydrogen-bond donors (Lipinski definition) is 0. The molecule has 0 spiro atoms. The average Bonchev–Trinajstić information content (AvgIpc) is 3.09. The van der Waals surface area contributed by atoms with Gasteiger partial charge in [0.15, 0.2) is 0 Å². The third-order valence-corrected chi connectivity index (χ3v) is 3.98. The van der Waals surface area contributed by atoms with Crippen molar-refractivity contribution in [3.05, 3.63) is 48.3 Å². The van der Waals surface area contributed by atoms with Gasteiger partial charge in [0.2, 0.25) is 0 Å². The fraction of sp³-hybridized carbons (Fsp3) is 0.353. The zero-order chi connectivity index (χ0) is 14.7. The molecule has 1 aliphatic rings. The highest BCUT2D eigenvalue weighted by Gasteiger charge is 2.19. The van der Waals surface area contributed by atoms with Crippen LogP contribution in [0.15, 0.2) is 42.7 Å². The molecule has 0 aliphatic carbocycles. The van der Waals surface area contributed by atoms with Crippen LogP contribution in [0.25, 0.3) is 5.69 Å². The summed E-state index contributed by atoms with van der Waals surface area (Å²) in [5.41, 5.74) is 2.60. The normalized spacial score (nSPS) is 15.0. The van der Waals surface area contributed by atoms with Gasteiger partial charge in [0.05, 0.1) is 18.4 Å². The fourth-order valence-electron chi connectivity index (χ4n) is 2.88. The zero-order valence-electron chi connectivity index (χ0n) is 12.3. The van der Waals surface area contributed by atoms with E-state index in [1.165, 1.54) is 26.4 Å². The summed E-state index contributed by atoms with van der Waals surface area (Å²) in [5, 5.41) is 0. The second-order valence-corrected chi connectivity index (χ2v) is 5.33. The molecule has 110 valence electrons. The average molecular weight is 284 g/mol. The molecule has 3 rings (SSSR count). The van der Waals surface area contributed by atoms with Gasteiger partial charge in [-0.05, 0) is 49.6 Å². The number of anilines is 1. The maximum absolute atomic E-state index is 12.1. The van der Waals surface area contributed by atoms with E-state index >= 15 is 0 Å². The number of benzene rings is 1. The maximum Gasteiger partial charge on any atom is 0.340 e. The second-order valence-electron chi connectivity index (χ2n) is 5.33. The molecule has 1 fully saturated rings. The van der Waals surface area contributed by atoms with Crippen molar-refractivity contribution in [1.82, 2.24) is 4.57 Å². The lowest BCUT2D eigenvalue weighted by Crippen LogP contribution is -2.31. The molecule has 1 saturated heterocycles. The minimum atomic E-state index is -0.274. The van der Waals surface area contributed by atoms with Crippen molar-refractivity contribution in [3.8, 4) is 5.69 Å². The van der Waals surface area contributed by atoms with Gasteiger partial charge in [-0.3, -0.25) is 0 Å². The predicted octanol–water partition coefficient (Wildman–Crippen LogP) is 3.25. The lowest BCUT2D eigenvalue weighted by atomic mass is 10.1. The van der Waals surface area contributed by atoms with Crippen LogP contribution in [0, 0.1) is 0 Å². The molecule has 1 aromatic carbocycles. The minimum absolute atomic E-state index is 0.274. The summed E-state index contributed by atoms with van der Waals surface area (Å²) < 4.78 is 6.96. The summed E-state index contributed by atoms with van der Waals surface area (Å²) >= 11 is 0. The molecule has 1 aromatic heterocycles. The van der Waals surface area contributed by atoms with E-state index in [2.05, 4.69) is 11.0 Å². The maximum atomic E-state index is 12.1. The number of rotatable bonds is 3. The summed E-state index contributed by atoms with van der Waals surface area (Å²) in [6.45, 7) is 2.01. The third kappa shape index (κ3) is 2.79. The van der Waals surface area contributed by atoms with Crippen molar-refractivity contribution >= 4 is 11.7 Å². The van der Waals surface area contributed by atoms with Gasteiger partial charge in [-0.2, -0.15) is 0 Å². The van der Waals surface area contributed by atoms with Crippen LogP contribution in [0.1, 0.15) is 29.6 Å². The standard InChI is InChI=1S/C17H20N2O2/c1-21-17(20)15-13-14(18-9-5-6-10-18)7-8-16(15)19-11-3-2-4-12-19/h5-10,13H,2-4,11-12H2,1H3. The number of esters is 1. The molecule has 0 bridgehead atoms. The first-order chi connectivity index (χ1) is 10.3. The number of nitrogens with zero attached hydrogens (tertiary/aromatic N) is 2. The van der Waals surface area contributed by atoms with Gasteiger partial charge in [-0.15, -0.1) is 0 Å². The lowest BCUT2D eigenvalue weighted by molar-refractivity contribution is 0.0601. The Kier molecular flexibility index (Phi) is 3.95. The topological polar surface area (TPSA) is 34.5 Å². The molecule has 0 saturated carbocycles. The molecule has 0 amide bonds. The number of ether oxygens (including phenoxy) is 1. The van der Waals surface area contributed by atoms with E-state index in [1.54, 1.807) is 0 Å². The Morgan fingerprint density at radius 3 is 2.48 bits per heavy atom. The molecule has 0 radical (unpaired) electrons. The van der Waals surface area contributed by atoms with Crippen molar-refractivity contribution in [2.75, 3.05) is 25.1 Å². The molecular weight excluding hydrogens is 264 g/mol. The van der Waals surface area contributed by atoms with E-state index < -0.39 is 0 Å². The van der Waals surface area contributed by atoms with Crippen LogP contribution in [0.5, 0.6) is 0 Å². The number of piperidine rings is 1. The molecule has 1 aliphatic heterocycles.